The Hall–Kier alpha value is -2.73. The molecule has 0 amide bonds. The molecule has 5 rings (SSSR count). The van der Waals surface area contributed by atoms with Crippen LogP contribution in [0, 0.1) is 23.7 Å². The van der Waals surface area contributed by atoms with Crippen molar-refractivity contribution in [3.05, 3.63) is 35.9 Å². The first kappa shape index (κ1) is 48.3. The Balaban J connectivity index is 1.59. The second-order valence-electron chi connectivity index (χ2n) is 18.5. The highest BCUT2D eigenvalue weighted by atomic mass is 16.7. The third-order valence-electron chi connectivity index (χ3n) is 13.9. The van der Waals surface area contributed by atoms with Crippen molar-refractivity contribution in [2.24, 2.45) is 28.7 Å². The number of methoxy groups -OCH3 is 2. The summed E-state index contributed by atoms with van der Waals surface area (Å²) in [5, 5.41) is 34.4. The summed E-state index contributed by atoms with van der Waals surface area (Å²) < 4.78 is 51.6. The van der Waals surface area contributed by atoms with Gasteiger partial charge in [0.25, 0.3) is 6.02 Å². The zero-order valence-corrected chi connectivity index (χ0v) is 37.9. The van der Waals surface area contributed by atoms with Crippen molar-refractivity contribution in [1.82, 2.24) is 4.90 Å². The van der Waals surface area contributed by atoms with Gasteiger partial charge in [-0.1, -0.05) is 58.0 Å². The summed E-state index contributed by atoms with van der Waals surface area (Å²) in [4.78, 5) is 35.4. The highest BCUT2D eigenvalue weighted by molar-refractivity contribution is 5.83. The smallest absolute Gasteiger partial charge is 0.311 e. The molecule has 15 heteroatoms. The minimum Gasteiger partial charge on any atom is -0.459 e. The van der Waals surface area contributed by atoms with E-state index in [9.17, 15) is 24.9 Å². The van der Waals surface area contributed by atoms with Crippen molar-refractivity contribution in [1.29, 1.82) is 0 Å². The summed E-state index contributed by atoms with van der Waals surface area (Å²) in [7, 11) is 5.01. The number of ketones is 1. The number of likely N-dealkylation sites (N-methyl/N-ethyl adjacent to an activating group) is 1. The number of hydrogen-bond acceptors (Lipinski definition) is 14. The normalized spacial score (nSPS) is 45.4. The van der Waals surface area contributed by atoms with Crippen molar-refractivity contribution in [3.8, 4) is 0 Å². The van der Waals surface area contributed by atoms with Gasteiger partial charge in [-0.2, -0.15) is 0 Å². The number of cyclic esters (lactones) is 1. The third-order valence-corrected chi connectivity index (χ3v) is 13.9. The van der Waals surface area contributed by atoms with E-state index in [4.69, 9.17) is 42.9 Å². The van der Waals surface area contributed by atoms with E-state index in [1.54, 1.807) is 48.7 Å². The molecule has 4 saturated heterocycles. The zero-order valence-electron chi connectivity index (χ0n) is 37.9. The summed E-state index contributed by atoms with van der Waals surface area (Å²) in [6, 6.07) is 10.2. The van der Waals surface area contributed by atoms with Crippen LogP contribution in [0.1, 0.15) is 100 Å². The van der Waals surface area contributed by atoms with Crippen LogP contribution >= 0.6 is 0 Å². The maximum Gasteiger partial charge on any atom is 0.311 e. The minimum absolute atomic E-state index is 0.130. The van der Waals surface area contributed by atoms with Gasteiger partial charge in [0.1, 0.15) is 23.6 Å². The summed E-state index contributed by atoms with van der Waals surface area (Å²) in [5.41, 5.74) is -3.21. The SMILES string of the molecule is CCC1OC(=O)[C@H](C)C(O[C@H]2C[C@@](C)(OC)[C@@H](O)[C@H](C)O2)[C@@H](C)[C@@H](O[C@@H]2O[C@H](C)C[C@H]3[C@H]2OC(=NCc2ccccc2)N3C)[C@](C)(OC)C[C@@H](C)C(=O)[C@H](C)[C@@H](O)[C@]1(C)O. The predicted octanol–water partition coefficient (Wildman–Crippen LogP) is 4.40. The number of nitrogens with zero attached hydrogens (tertiary/aromatic N) is 2. The van der Waals surface area contributed by atoms with E-state index in [2.05, 4.69) is 0 Å². The van der Waals surface area contributed by atoms with Crippen LogP contribution < -0.4 is 0 Å². The van der Waals surface area contributed by atoms with E-state index in [1.165, 1.54) is 14.0 Å². The Kier molecular flexibility index (Phi) is 15.6. The molecule has 0 saturated carbocycles. The molecule has 0 bridgehead atoms. The van der Waals surface area contributed by atoms with Gasteiger partial charge in [0.15, 0.2) is 18.7 Å². The zero-order chi connectivity index (χ0) is 44.5. The van der Waals surface area contributed by atoms with Crippen LogP contribution in [0.5, 0.6) is 0 Å². The van der Waals surface area contributed by atoms with Crippen molar-refractivity contribution in [2.45, 2.75) is 186 Å². The molecule has 0 spiro atoms. The number of fused-ring (bicyclic) bond motifs is 1. The molecule has 18 atom stereocenters. The van der Waals surface area contributed by atoms with E-state index < -0.39 is 102 Å². The number of carbonyl (C=O) groups is 2. The molecule has 1 aromatic carbocycles. The predicted molar refractivity (Wildman–Crippen MR) is 222 cm³/mol. The molecule has 4 fully saturated rings. The number of rotatable bonds is 9. The number of aliphatic imine (C=N–C) groups is 1. The Bertz CT molecular complexity index is 1630. The summed E-state index contributed by atoms with van der Waals surface area (Å²) >= 11 is 0. The number of hydrogen-bond donors (Lipinski definition) is 3. The molecule has 0 aromatic heterocycles. The first-order valence-electron chi connectivity index (χ1n) is 21.6. The number of aliphatic hydroxyl groups excluding tert-OH is 2. The van der Waals surface area contributed by atoms with Gasteiger partial charge in [-0.15, -0.1) is 0 Å². The molecule has 0 aliphatic carbocycles. The molecule has 4 aliphatic heterocycles. The minimum atomic E-state index is -1.97. The lowest BCUT2D eigenvalue weighted by Gasteiger charge is -2.49. The third kappa shape index (κ3) is 9.89. The molecule has 2 unspecified atom stereocenters. The molecule has 0 radical (unpaired) electrons. The van der Waals surface area contributed by atoms with Crippen LogP contribution in [0.2, 0.25) is 0 Å². The number of amidine groups is 1. The van der Waals surface area contributed by atoms with E-state index in [-0.39, 0.29) is 37.2 Å². The largest absolute Gasteiger partial charge is 0.459 e. The Morgan fingerprint density at radius 3 is 2.13 bits per heavy atom. The van der Waals surface area contributed by atoms with Crippen molar-refractivity contribution < 1.29 is 62.8 Å². The molecule has 4 heterocycles. The number of aliphatic hydroxyl groups is 3. The van der Waals surface area contributed by atoms with Crippen LogP contribution in [0.3, 0.4) is 0 Å². The second-order valence-corrected chi connectivity index (χ2v) is 18.5. The van der Waals surface area contributed by atoms with Crippen molar-refractivity contribution >= 4 is 17.8 Å². The van der Waals surface area contributed by atoms with E-state index in [0.29, 0.717) is 19.0 Å². The van der Waals surface area contributed by atoms with Gasteiger partial charge in [0.05, 0.1) is 60.2 Å². The average molecular weight is 849 g/mol. The van der Waals surface area contributed by atoms with Crippen LogP contribution in [0.25, 0.3) is 0 Å². The first-order chi connectivity index (χ1) is 28.1. The fourth-order valence-electron chi connectivity index (χ4n) is 9.81. The van der Waals surface area contributed by atoms with Gasteiger partial charge in [-0.05, 0) is 66.4 Å². The van der Waals surface area contributed by atoms with Crippen molar-refractivity contribution in [2.75, 3.05) is 21.3 Å². The summed E-state index contributed by atoms with van der Waals surface area (Å²) in [5.74, 6) is -4.41. The fraction of sp³-hybridized carbons (Fsp3) is 0.800. The standard InChI is InChI=1S/C45H72N2O13/c1-14-32-45(10,52)37(49)26(4)34(48)24(2)21-44(9,54-13)39(27(5)35(28(6)40(51)57-32)58-33-22-43(8,53-12)38(50)29(7)56-33)60-41-36-31(20-25(3)55-41)47(11)42(59-36)46-23-30-18-16-15-17-19-30/h15-19,24-29,31-33,35-39,41,49-50,52H,14,20-23H2,1-13H3/t24-,25-,26+,27-,28-,29+,31+,32?,33+,35?,36-,37-,38+,39-,41+,43-,44-,45-/m1/s1. The summed E-state index contributed by atoms with van der Waals surface area (Å²) in [6.07, 6.45) is -7.95. The molecule has 3 N–H and O–H groups in total. The quantitative estimate of drug-likeness (QED) is 0.297. The topological polar surface area (TPSA) is 184 Å². The van der Waals surface area contributed by atoms with Gasteiger partial charge in [0.2, 0.25) is 0 Å². The number of benzene rings is 1. The lowest BCUT2D eigenvalue weighted by Crippen LogP contribution is -2.61. The highest BCUT2D eigenvalue weighted by Crippen LogP contribution is 2.43. The molecule has 1 aromatic rings. The van der Waals surface area contributed by atoms with Crippen LogP contribution in [-0.4, -0.2) is 144 Å². The maximum absolute atomic E-state index is 14.4. The Morgan fingerprint density at radius 1 is 0.867 bits per heavy atom. The van der Waals surface area contributed by atoms with Crippen LogP contribution in [0.15, 0.2) is 35.3 Å². The number of ether oxygens (including phenoxy) is 8. The molecule has 60 heavy (non-hydrogen) atoms. The van der Waals surface area contributed by atoms with Crippen LogP contribution in [0.4, 0.5) is 0 Å². The van der Waals surface area contributed by atoms with Crippen molar-refractivity contribution in [3.63, 3.8) is 0 Å². The van der Waals surface area contributed by atoms with E-state index in [0.717, 1.165) is 5.56 Å². The lowest BCUT2D eigenvalue weighted by molar-refractivity contribution is -0.315. The highest BCUT2D eigenvalue weighted by Gasteiger charge is 2.56. The lowest BCUT2D eigenvalue weighted by atomic mass is 9.74. The summed E-state index contributed by atoms with van der Waals surface area (Å²) in [6.45, 7) is 17.8. The van der Waals surface area contributed by atoms with Gasteiger partial charge >= 0.3 is 5.97 Å². The second kappa shape index (κ2) is 19.3. The average Bonchev–Trinajstić information content (AvgIpc) is 3.54. The number of carbonyl (C=O) groups excluding carboxylic acids is 2. The van der Waals surface area contributed by atoms with E-state index >= 15 is 0 Å². The van der Waals surface area contributed by atoms with Gasteiger partial charge in [-0.25, -0.2) is 4.99 Å². The monoisotopic (exact) mass is 849 g/mol. The van der Waals surface area contributed by atoms with Gasteiger partial charge in [-0.3, -0.25) is 9.59 Å². The maximum atomic E-state index is 14.4. The molecular weight excluding hydrogens is 776 g/mol. The van der Waals surface area contributed by atoms with E-state index in [1.807, 2.05) is 63.1 Å². The number of Topliss-reactive ketones (excluding diaryl/α,β-unsaturated/α-hetero) is 1. The van der Waals surface area contributed by atoms with Gasteiger partial charge in [0, 0.05) is 45.4 Å². The Labute approximate surface area is 356 Å². The fourth-order valence-corrected chi connectivity index (χ4v) is 9.81. The van der Waals surface area contributed by atoms with Crippen LogP contribution in [-0.2, 0) is 54.0 Å². The molecule has 4 aliphatic rings. The molecular formula is C45H72N2O13. The molecule has 340 valence electrons. The molecule has 15 nitrogen and oxygen atoms in total. The Morgan fingerprint density at radius 2 is 1.52 bits per heavy atom. The first-order valence-corrected chi connectivity index (χ1v) is 21.6. The number of esters is 1. The van der Waals surface area contributed by atoms with Gasteiger partial charge < -0.3 is 58.1 Å².